The molecule has 1 N–H and O–H groups in total. The number of carbonyl (C=O) groups excluding carboxylic acids is 1. The fourth-order valence-electron chi connectivity index (χ4n) is 1.47. The van der Waals surface area contributed by atoms with Crippen LogP contribution in [0.3, 0.4) is 0 Å². The van der Waals surface area contributed by atoms with Crippen LogP contribution in [0.1, 0.15) is 5.56 Å². The molecule has 0 spiro atoms. The van der Waals surface area contributed by atoms with Crippen LogP contribution in [0.25, 0.3) is 6.08 Å². The molecule has 17 heavy (non-hydrogen) atoms. The minimum absolute atomic E-state index is 0.0522. The van der Waals surface area contributed by atoms with Gasteiger partial charge in [0.15, 0.2) is 5.17 Å². The van der Waals surface area contributed by atoms with E-state index >= 15 is 0 Å². The van der Waals surface area contributed by atoms with Crippen molar-refractivity contribution < 1.29 is 9.90 Å². The van der Waals surface area contributed by atoms with Crippen LogP contribution in [0.15, 0.2) is 34.2 Å². The van der Waals surface area contributed by atoms with E-state index in [1.807, 2.05) is 0 Å². The van der Waals surface area contributed by atoms with E-state index in [0.717, 1.165) is 5.56 Å². The fourth-order valence-corrected chi connectivity index (χ4v) is 2.40. The molecule has 1 aliphatic rings. The molecular weight excluding hydrogens is 236 g/mol. The zero-order valence-electron chi connectivity index (χ0n) is 9.54. The molecule has 2 rings (SSSR count). The van der Waals surface area contributed by atoms with Crippen molar-refractivity contribution in [3.05, 3.63) is 34.7 Å². The summed E-state index contributed by atoms with van der Waals surface area (Å²) in [5.41, 5.74) is 0.879. The summed E-state index contributed by atoms with van der Waals surface area (Å²) in [6.07, 6.45) is 1.79. The highest BCUT2D eigenvalue weighted by Crippen LogP contribution is 2.31. The molecule has 0 bridgehead atoms. The van der Waals surface area contributed by atoms with E-state index < -0.39 is 0 Å². The Bertz CT molecular complexity index is 506. The largest absolute Gasteiger partial charge is 0.508 e. The van der Waals surface area contributed by atoms with Crippen LogP contribution in [0.2, 0.25) is 0 Å². The number of hydrogen-bond acceptors (Lipinski definition) is 4. The monoisotopic (exact) mass is 248 g/mol. The van der Waals surface area contributed by atoms with Crippen molar-refractivity contribution in [1.29, 1.82) is 0 Å². The molecule has 1 aromatic carbocycles. The van der Waals surface area contributed by atoms with Gasteiger partial charge in [-0.15, -0.1) is 0 Å². The first kappa shape index (κ1) is 11.7. The Kier molecular flexibility index (Phi) is 3.19. The van der Waals surface area contributed by atoms with Crippen molar-refractivity contribution >= 4 is 28.9 Å². The summed E-state index contributed by atoms with van der Waals surface area (Å²) in [5.74, 6) is 0.161. The number of likely N-dealkylation sites (N-methyl/N-ethyl adjacent to an activating group) is 1. The molecule has 0 unspecified atom stereocenters. The third-order valence-corrected chi connectivity index (χ3v) is 3.54. The Morgan fingerprint density at radius 1 is 1.35 bits per heavy atom. The van der Waals surface area contributed by atoms with E-state index in [4.69, 9.17) is 0 Å². The molecule has 4 nitrogen and oxygen atoms in total. The summed E-state index contributed by atoms with van der Waals surface area (Å²) in [5, 5.41) is 9.87. The van der Waals surface area contributed by atoms with Crippen molar-refractivity contribution in [1.82, 2.24) is 4.90 Å². The van der Waals surface area contributed by atoms with Crippen molar-refractivity contribution in [2.24, 2.45) is 4.99 Å². The van der Waals surface area contributed by atoms with Gasteiger partial charge in [-0.2, -0.15) is 0 Å². The number of rotatable bonds is 1. The summed E-state index contributed by atoms with van der Waals surface area (Å²) in [6, 6.07) is 6.71. The van der Waals surface area contributed by atoms with Gasteiger partial charge >= 0.3 is 0 Å². The van der Waals surface area contributed by atoms with E-state index in [0.29, 0.717) is 10.1 Å². The van der Waals surface area contributed by atoms with Crippen LogP contribution in [0.4, 0.5) is 0 Å². The van der Waals surface area contributed by atoms with Crippen LogP contribution in [0, 0.1) is 0 Å². The van der Waals surface area contributed by atoms with Gasteiger partial charge in [-0.05, 0) is 35.5 Å². The van der Waals surface area contributed by atoms with Crippen molar-refractivity contribution in [2.45, 2.75) is 0 Å². The lowest BCUT2D eigenvalue weighted by atomic mass is 10.2. The number of amidine groups is 1. The van der Waals surface area contributed by atoms with E-state index in [1.165, 1.54) is 16.7 Å². The standard InChI is InChI=1S/C12H12N2O2S/c1-13-12-14(2)11(16)10(17-12)7-8-3-5-9(15)6-4-8/h3-7,15H,1-2H3/b10-7+,13-12?. The highest BCUT2D eigenvalue weighted by Gasteiger charge is 2.29. The summed E-state index contributed by atoms with van der Waals surface area (Å²) >= 11 is 1.35. The Balaban J connectivity index is 2.30. The molecule has 1 aromatic rings. The molecule has 1 heterocycles. The number of phenolic OH excluding ortho intramolecular Hbond substituents is 1. The van der Waals surface area contributed by atoms with Gasteiger partial charge < -0.3 is 5.11 Å². The van der Waals surface area contributed by atoms with Gasteiger partial charge in [0.1, 0.15) is 5.75 Å². The number of carbonyl (C=O) groups is 1. The lowest BCUT2D eigenvalue weighted by Gasteiger charge is -2.05. The molecule has 0 saturated carbocycles. The molecular formula is C12H12N2O2S. The van der Waals surface area contributed by atoms with Gasteiger partial charge in [-0.1, -0.05) is 12.1 Å². The van der Waals surface area contributed by atoms with Gasteiger partial charge in [0.05, 0.1) is 4.91 Å². The van der Waals surface area contributed by atoms with E-state index in [1.54, 1.807) is 44.4 Å². The molecule has 1 amide bonds. The highest BCUT2D eigenvalue weighted by molar-refractivity contribution is 8.18. The molecule has 88 valence electrons. The molecule has 5 heteroatoms. The smallest absolute Gasteiger partial charge is 0.266 e. The number of aromatic hydroxyl groups is 1. The molecule has 0 aromatic heterocycles. The number of nitrogens with zero attached hydrogens (tertiary/aromatic N) is 2. The Labute approximate surface area is 104 Å². The average molecular weight is 248 g/mol. The van der Waals surface area contributed by atoms with Crippen LogP contribution >= 0.6 is 11.8 Å². The quantitative estimate of drug-likeness (QED) is 0.772. The topological polar surface area (TPSA) is 52.9 Å². The SMILES string of the molecule is CN=C1S/C(=C/c2ccc(O)cc2)C(=O)N1C. The predicted octanol–water partition coefficient (Wildman–Crippen LogP) is 1.92. The van der Waals surface area contributed by atoms with Crippen LogP contribution in [-0.4, -0.2) is 35.2 Å². The minimum Gasteiger partial charge on any atom is -0.508 e. The third-order valence-electron chi connectivity index (χ3n) is 2.39. The van der Waals surface area contributed by atoms with Crippen LogP contribution in [-0.2, 0) is 4.79 Å². The average Bonchev–Trinajstić information content (AvgIpc) is 2.60. The molecule has 0 radical (unpaired) electrons. The number of aliphatic imine (C=N–C) groups is 1. The second-order valence-corrected chi connectivity index (χ2v) is 4.58. The van der Waals surface area contributed by atoms with Crippen LogP contribution in [0.5, 0.6) is 5.75 Å². The summed E-state index contributed by atoms with van der Waals surface area (Å²) in [7, 11) is 3.37. The van der Waals surface area contributed by atoms with E-state index in [-0.39, 0.29) is 11.7 Å². The maximum Gasteiger partial charge on any atom is 0.266 e. The normalized spacial score (nSPS) is 20.6. The minimum atomic E-state index is -0.0522. The first-order valence-corrected chi connectivity index (χ1v) is 5.87. The lowest BCUT2D eigenvalue weighted by Crippen LogP contribution is -2.23. The molecule has 1 fully saturated rings. The molecule has 1 saturated heterocycles. The number of thioether (sulfide) groups is 1. The maximum atomic E-state index is 11.9. The van der Waals surface area contributed by atoms with Crippen LogP contribution < -0.4 is 0 Å². The Hall–Kier alpha value is -1.75. The molecule has 1 aliphatic heterocycles. The van der Waals surface area contributed by atoms with Gasteiger partial charge in [-0.25, -0.2) is 0 Å². The van der Waals surface area contributed by atoms with Crippen molar-refractivity contribution in [3.8, 4) is 5.75 Å². The van der Waals surface area contributed by atoms with Gasteiger partial charge in [0, 0.05) is 14.1 Å². The zero-order chi connectivity index (χ0) is 12.4. The first-order valence-electron chi connectivity index (χ1n) is 5.05. The number of amides is 1. The Morgan fingerprint density at radius 2 is 2.00 bits per heavy atom. The van der Waals surface area contributed by atoms with Gasteiger partial charge in [0.25, 0.3) is 5.91 Å². The highest BCUT2D eigenvalue weighted by atomic mass is 32.2. The third kappa shape index (κ3) is 2.34. The fraction of sp³-hybridized carbons (Fsp3) is 0.167. The molecule has 0 aliphatic carbocycles. The summed E-state index contributed by atoms with van der Waals surface area (Å²) in [4.78, 5) is 18.0. The number of phenols is 1. The summed E-state index contributed by atoms with van der Waals surface area (Å²) in [6.45, 7) is 0. The predicted molar refractivity (Wildman–Crippen MR) is 69.8 cm³/mol. The Morgan fingerprint density at radius 3 is 2.53 bits per heavy atom. The van der Waals surface area contributed by atoms with Gasteiger partial charge in [0.2, 0.25) is 0 Å². The number of hydrogen-bond donors (Lipinski definition) is 1. The van der Waals surface area contributed by atoms with Gasteiger partial charge in [-0.3, -0.25) is 14.7 Å². The summed E-state index contributed by atoms with van der Waals surface area (Å²) < 4.78 is 0. The molecule has 0 atom stereocenters. The van der Waals surface area contributed by atoms with Crippen molar-refractivity contribution in [2.75, 3.05) is 14.1 Å². The van der Waals surface area contributed by atoms with Crippen molar-refractivity contribution in [3.63, 3.8) is 0 Å². The zero-order valence-corrected chi connectivity index (χ0v) is 10.4. The maximum absolute atomic E-state index is 11.9. The second-order valence-electron chi connectivity index (χ2n) is 3.57. The van der Waals surface area contributed by atoms with E-state index in [2.05, 4.69) is 4.99 Å². The first-order chi connectivity index (χ1) is 8.11. The lowest BCUT2D eigenvalue weighted by molar-refractivity contribution is -0.121. The number of benzene rings is 1. The van der Waals surface area contributed by atoms with E-state index in [9.17, 15) is 9.90 Å². The second kappa shape index (κ2) is 4.63.